The zero-order chi connectivity index (χ0) is 16.5. The molecule has 1 atom stereocenters. The molecule has 1 unspecified atom stereocenters. The van der Waals surface area contributed by atoms with Gasteiger partial charge in [0.15, 0.2) is 0 Å². The summed E-state index contributed by atoms with van der Waals surface area (Å²) >= 11 is 0. The Morgan fingerprint density at radius 3 is 2.39 bits per heavy atom. The molecule has 1 amide bonds. The fraction of sp³-hybridized carbons (Fsp3) is 0.316. The standard InChI is InChI=1S/C19H24N2O2/c1-15(11-20)19(22)21-12-17-9-5-6-10-18(17)14-23-13-16-7-3-2-4-8-16/h2-10,15H,11-14,20H2,1H3,(H,21,22). The molecular formula is C19H24N2O2. The smallest absolute Gasteiger partial charge is 0.224 e. The second-order valence-electron chi connectivity index (χ2n) is 5.60. The maximum atomic E-state index is 11.8. The van der Waals surface area contributed by atoms with Gasteiger partial charge in [-0.2, -0.15) is 0 Å². The van der Waals surface area contributed by atoms with E-state index >= 15 is 0 Å². The van der Waals surface area contributed by atoms with Gasteiger partial charge < -0.3 is 15.8 Å². The summed E-state index contributed by atoms with van der Waals surface area (Å²) < 4.78 is 5.79. The summed E-state index contributed by atoms with van der Waals surface area (Å²) in [5, 5.41) is 2.92. The average molecular weight is 312 g/mol. The number of nitrogens with one attached hydrogen (secondary N) is 1. The molecule has 4 heteroatoms. The minimum Gasteiger partial charge on any atom is -0.372 e. The van der Waals surface area contributed by atoms with E-state index < -0.39 is 0 Å². The van der Waals surface area contributed by atoms with Crippen LogP contribution in [0.1, 0.15) is 23.6 Å². The molecule has 4 nitrogen and oxygen atoms in total. The first-order valence-corrected chi connectivity index (χ1v) is 7.87. The molecule has 0 aliphatic heterocycles. The van der Waals surface area contributed by atoms with Crippen molar-refractivity contribution in [3.8, 4) is 0 Å². The van der Waals surface area contributed by atoms with Crippen molar-refractivity contribution in [2.45, 2.75) is 26.7 Å². The molecular weight excluding hydrogens is 288 g/mol. The maximum absolute atomic E-state index is 11.8. The molecule has 0 spiro atoms. The molecule has 0 bridgehead atoms. The third-order valence-electron chi connectivity index (χ3n) is 3.74. The van der Waals surface area contributed by atoms with E-state index in [-0.39, 0.29) is 11.8 Å². The lowest BCUT2D eigenvalue weighted by Crippen LogP contribution is -2.33. The number of benzene rings is 2. The molecule has 0 aliphatic carbocycles. The van der Waals surface area contributed by atoms with Crippen LogP contribution in [-0.2, 0) is 29.3 Å². The van der Waals surface area contributed by atoms with Gasteiger partial charge >= 0.3 is 0 Å². The van der Waals surface area contributed by atoms with Crippen LogP contribution in [-0.4, -0.2) is 12.5 Å². The molecule has 3 N–H and O–H groups in total. The Morgan fingerprint density at radius 1 is 1.04 bits per heavy atom. The second kappa shape index (κ2) is 9.08. The monoisotopic (exact) mass is 312 g/mol. The van der Waals surface area contributed by atoms with Crippen molar-refractivity contribution in [2.75, 3.05) is 6.54 Å². The minimum absolute atomic E-state index is 0.0208. The molecule has 2 aromatic rings. The highest BCUT2D eigenvalue weighted by Crippen LogP contribution is 2.12. The van der Waals surface area contributed by atoms with Gasteiger partial charge in [0.25, 0.3) is 0 Å². The topological polar surface area (TPSA) is 64.4 Å². The van der Waals surface area contributed by atoms with Crippen molar-refractivity contribution in [3.63, 3.8) is 0 Å². The van der Waals surface area contributed by atoms with Crippen molar-refractivity contribution in [1.82, 2.24) is 5.32 Å². The van der Waals surface area contributed by atoms with Crippen LogP contribution < -0.4 is 11.1 Å². The Hall–Kier alpha value is -2.17. The SMILES string of the molecule is CC(CN)C(=O)NCc1ccccc1COCc1ccccc1. The lowest BCUT2D eigenvalue weighted by atomic mass is 10.1. The van der Waals surface area contributed by atoms with Gasteiger partial charge in [-0.25, -0.2) is 0 Å². The Bertz CT molecular complexity index is 614. The number of rotatable bonds is 8. The van der Waals surface area contributed by atoms with Crippen LogP contribution in [0.25, 0.3) is 0 Å². The van der Waals surface area contributed by atoms with E-state index in [0.29, 0.717) is 26.3 Å². The molecule has 0 radical (unpaired) electrons. The van der Waals surface area contributed by atoms with Crippen LogP contribution >= 0.6 is 0 Å². The molecule has 122 valence electrons. The second-order valence-corrected chi connectivity index (χ2v) is 5.60. The third kappa shape index (κ3) is 5.51. The summed E-state index contributed by atoms with van der Waals surface area (Å²) in [5.74, 6) is -0.191. The van der Waals surface area contributed by atoms with E-state index in [1.54, 1.807) is 0 Å². The highest BCUT2D eigenvalue weighted by atomic mass is 16.5. The number of hydrogen-bond donors (Lipinski definition) is 2. The van der Waals surface area contributed by atoms with E-state index in [1.807, 2.05) is 61.5 Å². The Balaban J connectivity index is 1.88. The fourth-order valence-corrected chi connectivity index (χ4v) is 2.19. The summed E-state index contributed by atoms with van der Waals surface area (Å²) in [4.78, 5) is 11.8. The van der Waals surface area contributed by atoms with Gasteiger partial charge in [-0.3, -0.25) is 4.79 Å². The number of ether oxygens (including phenoxy) is 1. The first-order valence-electron chi connectivity index (χ1n) is 7.87. The summed E-state index contributed by atoms with van der Waals surface area (Å²) in [5.41, 5.74) is 8.82. The molecule has 0 aliphatic rings. The van der Waals surface area contributed by atoms with E-state index in [4.69, 9.17) is 10.5 Å². The predicted octanol–water partition coefficient (Wildman–Crippen LogP) is 2.61. The summed E-state index contributed by atoms with van der Waals surface area (Å²) in [6, 6.07) is 18.1. The molecule has 0 fully saturated rings. The number of hydrogen-bond acceptors (Lipinski definition) is 3. The van der Waals surface area contributed by atoms with E-state index in [1.165, 1.54) is 0 Å². The summed E-state index contributed by atoms with van der Waals surface area (Å²) in [6.07, 6.45) is 0. The Morgan fingerprint density at radius 2 is 1.70 bits per heavy atom. The number of carbonyl (C=O) groups excluding carboxylic acids is 1. The summed E-state index contributed by atoms with van der Waals surface area (Å²) in [7, 11) is 0. The van der Waals surface area contributed by atoms with E-state index in [0.717, 1.165) is 16.7 Å². The molecule has 2 aromatic carbocycles. The van der Waals surface area contributed by atoms with Gasteiger partial charge in [0.05, 0.1) is 13.2 Å². The van der Waals surface area contributed by atoms with Crippen molar-refractivity contribution in [2.24, 2.45) is 11.7 Å². The molecule has 0 saturated heterocycles. The zero-order valence-corrected chi connectivity index (χ0v) is 13.5. The Labute approximate surface area is 137 Å². The lowest BCUT2D eigenvalue weighted by molar-refractivity contribution is -0.124. The fourth-order valence-electron chi connectivity index (χ4n) is 2.19. The van der Waals surface area contributed by atoms with Crippen LogP contribution in [0.2, 0.25) is 0 Å². The molecule has 23 heavy (non-hydrogen) atoms. The normalized spacial score (nSPS) is 11.9. The molecule has 0 aromatic heterocycles. The van der Waals surface area contributed by atoms with E-state index in [9.17, 15) is 4.79 Å². The van der Waals surface area contributed by atoms with Gasteiger partial charge in [0.2, 0.25) is 5.91 Å². The number of amides is 1. The lowest BCUT2D eigenvalue weighted by Gasteiger charge is -2.13. The largest absolute Gasteiger partial charge is 0.372 e. The first-order chi connectivity index (χ1) is 11.2. The third-order valence-corrected chi connectivity index (χ3v) is 3.74. The molecule has 2 rings (SSSR count). The highest BCUT2D eigenvalue weighted by molar-refractivity contribution is 5.78. The average Bonchev–Trinajstić information content (AvgIpc) is 2.60. The molecule has 0 saturated carbocycles. The van der Waals surface area contributed by atoms with Crippen LogP contribution in [0, 0.1) is 5.92 Å². The van der Waals surface area contributed by atoms with Gasteiger partial charge in [-0.1, -0.05) is 61.5 Å². The minimum atomic E-state index is -0.170. The summed E-state index contributed by atoms with van der Waals surface area (Å²) in [6.45, 7) is 3.77. The highest BCUT2D eigenvalue weighted by Gasteiger charge is 2.11. The number of nitrogens with two attached hydrogens (primary N) is 1. The van der Waals surface area contributed by atoms with Gasteiger partial charge in [0, 0.05) is 19.0 Å². The van der Waals surface area contributed by atoms with Crippen LogP contribution in [0.5, 0.6) is 0 Å². The molecule has 0 heterocycles. The van der Waals surface area contributed by atoms with Crippen molar-refractivity contribution >= 4 is 5.91 Å². The van der Waals surface area contributed by atoms with Gasteiger partial charge in [-0.05, 0) is 16.7 Å². The Kier molecular flexibility index (Phi) is 6.78. The zero-order valence-electron chi connectivity index (χ0n) is 13.5. The maximum Gasteiger partial charge on any atom is 0.224 e. The number of carbonyl (C=O) groups is 1. The first kappa shape index (κ1) is 17.2. The van der Waals surface area contributed by atoms with Gasteiger partial charge in [0.1, 0.15) is 0 Å². The van der Waals surface area contributed by atoms with Crippen LogP contribution in [0.15, 0.2) is 54.6 Å². The van der Waals surface area contributed by atoms with Crippen LogP contribution in [0.3, 0.4) is 0 Å². The van der Waals surface area contributed by atoms with Crippen molar-refractivity contribution < 1.29 is 9.53 Å². The quantitative estimate of drug-likeness (QED) is 0.787. The van der Waals surface area contributed by atoms with E-state index in [2.05, 4.69) is 5.32 Å². The van der Waals surface area contributed by atoms with Crippen molar-refractivity contribution in [3.05, 3.63) is 71.3 Å². The van der Waals surface area contributed by atoms with Crippen LogP contribution in [0.4, 0.5) is 0 Å². The van der Waals surface area contributed by atoms with Crippen molar-refractivity contribution in [1.29, 1.82) is 0 Å². The predicted molar refractivity (Wildman–Crippen MR) is 91.4 cm³/mol. The van der Waals surface area contributed by atoms with Gasteiger partial charge in [-0.15, -0.1) is 0 Å².